The van der Waals surface area contributed by atoms with Crippen LogP contribution in [0.2, 0.25) is 0 Å². The first-order valence-corrected chi connectivity index (χ1v) is 9.01. The first kappa shape index (κ1) is 13.1. The van der Waals surface area contributed by atoms with Gasteiger partial charge in [0.15, 0.2) is 7.65 Å². The van der Waals surface area contributed by atoms with Gasteiger partial charge in [0.2, 0.25) is 0 Å². The summed E-state index contributed by atoms with van der Waals surface area (Å²) in [5.74, 6) is 0.986. The van der Waals surface area contributed by atoms with E-state index in [1.807, 2.05) is 0 Å². The molecule has 17 heavy (non-hydrogen) atoms. The van der Waals surface area contributed by atoms with Crippen LogP contribution in [0.4, 0.5) is 0 Å². The zero-order valence-corrected chi connectivity index (χ0v) is 12.8. The smallest absolute Gasteiger partial charge is 0.0619 e. The minimum Gasteiger partial charge on any atom is -0.0619 e. The predicted octanol–water partition coefficient (Wildman–Crippen LogP) is 1.82. The molecule has 0 N–H and O–H groups in total. The molecule has 1 aliphatic carbocycles. The fourth-order valence-corrected chi connectivity index (χ4v) is 4.51. The molecule has 0 aromatic heterocycles. The van der Waals surface area contributed by atoms with Gasteiger partial charge in [-0.25, -0.2) is 0 Å². The third kappa shape index (κ3) is 4.82. The maximum Gasteiger partial charge on any atom is 0.349 e. The van der Waals surface area contributed by atoms with Crippen LogP contribution in [-0.2, 0) is 0 Å². The fourth-order valence-electron chi connectivity index (χ4n) is 2.53. The minimum atomic E-state index is 0.0955. The number of hydrogen-bond donors (Lipinski definition) is 0. The van der Waals surface area contributed by atoms with E-state index in [-0.39, 0.29) is 21.2 Å². The zero-order chi connectivity index (χ0) is 11.9. The van der Waals surface area contributed by atoms with Gasteiger partial charge in [-0.05, 0) is 37.0 Å². The van der Waals surface area contributed by atoms with Crippen molar-refractivity contribution in [2.24, 2.45) is 5.92 Å². The SMILES string of the molecule is C/C(=C\[I+]c1ccccc1)CC1CCCCC1. The molecule has 0 radical (unpaired) electrons. The lowest BCUT2D eigenvalue weighted by Gasteiger charge is -2.20. The van der Waals surface area contributed by atoms with Crippen LogP contribution in [0.25, 0.3) is 0 Å². The average molecular weight is 341 g/mol. The molecule has 1 aromatic rings. The second kappa shape index (κ2) is 7.20. The summed E-state index contributed by atoms with van der Waals surface area (Å²) in [4.78, 5) is 0. The molecule has 92 valence electrons. The van der Waals surface area contributed by atoms with Gasteiger partial charge in [0.25, 0.3) is 0 Å². The van der Waals surface area contributed by atoms with Crippen molar-refractivity contribution in [3.63, 3.8) is 0 Å². The second-order valence-electron chi connectivity index (χ2n) is 5.07. The Kier molecular flexibility index (Phi) is 5.56. The summed E-state index contributed by atoms with van der Waals surface area (Å²) in [6, 6.07) is 10.9. The van der Waals surface area contributed by atoms with E-state index < -0.39 is 0 Å². The van der Waals surface area contributed by atoms with Crippen molar-refractivity contribution in [3.05, 3.63) is 43.6 Å². The second-order valence-corrected chi connectivity index (χ2v) is 7.56. The quantitative estimate of drug-likeness (QED) is 0.733. The van der Waals surface area contributed by atoms with Crippen LogP contribution in [0, 0.1) is 9.49 Å². The van der Waals surface area contributed by atoms with Crippen molar-refractivity contribution in [3.8, 4) is 0 Å². The van der Waals surface area contributed by atoms with Gasteiger partial charge in [0.05, 0.1) is 0 Å². The first-order chi connectivity index (χ1) is 8.34. The van der Waals surface area contributed by atoms with Crippen LogP contribution in [-0.4, -0.2) is 0 Å². The van der Waals surface area contributed by atoms with Gasteiger partial charge in [0.1, 0.15) is 0 Å². The Morgan fingerprint density at radius 3 is 2.59 bits per heavy atom. The summed E-state index contributed by atoms with van der Waals surface area (Å²) in [5, 5.41) is 0. The van der Waals surface area contributed by atoms with E-state index in [2.05, 4.69) is 41.3 Å². The van der Waals surface area contributed by atoms with Crippen LogP contribution < -0.4 is 21.2 Å². The van der Waals surface area contributed by atoms with Gasteiger partial charge in [-0.1, -0.05) is 50.3 Å². The van der Waals surface area contributed by atoms with Crippen molar-refractivity contribution >= 4 is 0 Å². The van der Waals surface area contributed by atoms with Crippen molar-refractivity contribution < 1.29 is 21.2 Å². The molecule has 0 atom stereocenters. The molecule has 0 bridgehead atoms. The fraction of sp³-hybridized carbons (Fsp3) is 0.500. The first-order valence-electron chi connectivity index (χ1n) is 6.68. The van der Waals surface area contributed by atoms with Gasteiger partial charge in [0, 0.05) is 0 Å². The molecule has 2 rings (SSSR count). The van der Waals surface area contributed by atoms with Gasteiger partial charge in [-0.3, -0.25) is 0 Å². The maximum absolute atomic E-state index is 2.53. The standard InChI is InChI=1S/C16H22I/c1-14(12-15-8-4-2-5-9-15)13-17-16-10-6-3-7-11-16/h3,6-7,10-11,13,15H,2,4-5,8-9,12H2,1H3/q+1/b14-13+. The predicted molar refractivity (Wildman–Crippen MR) is 70.1 cm³/mol. The molecule has 0 heterocycles. The Labute approximate surface area is 116 Å². The molecule has 0 spiro atoms. The lowest BCUT2D eigenvalue weighted by Crippen LogP contribution is -3.59. The van der Waals surface area contributed by atoms with Crippen molar-refractivity contribution in [2.45, 2.75) is 45.4 Å². The Morgan fingerprint density at radius 2 is 1.88 bits per heavy atom. The largest absolute Gasteiger partial charge is 0.349 e. The van der Waals surface area contributed by atoms with Crippen molar-refractivity contribution in [1.82, 2.24) is 0 Å². The van der Waals surface area contributed by atoms with Crippen molar-refractivity contribution in [1.29, 1.82) is 0 Å². The molecule has 0 amide bonds. The van der Waals surface area contributed by atoms with Crippen LogP contribution in [0.3, 0.4) is 0 Å². The summed E-state index contributed by atoms with van der Waals surface area (Å²) >= 11 is 0.0955. The molecule has 1 aromatic carbocycles. The molecular weight excluding hydrogens is 319 g/mol. The lowest BCUT2D eigenvalue weighted by atomic mass is 9.85. The highest BCUT2D eigenvalue weighted by molar-refractivity contribution is 5.00. The van der Waals surface area contributed by atoms with Crippen LogP contribution >= 0.6 is 0 Å². The van der Waals surface area contributed by atoms with Gasteiger partial charge in [-0.2, -0.15) is 0 Å². The molecule has 0 unspecified atom stereocenters. The van der Waals surface area contributed by atoms with Crippen molar-refractivity contribution in [2.75, 3.05) is 0 Å². The summed E-state index contributed by atoms with van der Waals surface area (Å²) < 4.78 is 4.07. The van der Waals surface area contributed by atoms with E-state index in [0.717, 1.165) is 5.92 Å². The number of allylic oxidation sites excluding steroid dienone is 1. The monoisotopic (exact) mass is 341 g/mol. The molecule has 1 heteroatoms. The summed E-state index contributed by atoms with van der Waals surface area (Å²) in [7, 11) is 0. The Morgan fingerprint density at radius 1 is 1.18 bits per heavy atom. The number of rotatable bonds is 4. The van der Waals surface area contributed by atoms with Crippen LogP contribution in [0.5, 0.6) is 0 Å². The van der Waals surface area contributed by atoms with Gasteiger partial charge >= 0.3 is 21.2 Å². The minimum absolute atomic E-state index is 0.0955. The highest BCUT2D eigenvalue weighted by Crippen LogP contribution is 2.28. The number of benzene rings is 1. The molecule has 0 aliphatic heterocycles. The zero-order valence-electron chi connectivity index (χ0n) is 10.7. The van der Waals surface area contributed by atoms with E-state index in [1.54, 1.807) is 5.57 Å². The summed E-state index contributed by atoms with van der Waals surface area (Å²) in [6.07, 6.45) is 8.68. The van der Waals surface area contributed by atoms with Crippen LogP contribution in [0.15, 0.2) is 40.0 Å². The molecular formula is C16H22I+. The Hall–Kier alpha value is -0.310. The molecule has 1 fully saturated rings. The van der Waals surface area contributed by atoms with E-state index >= 15 is 0 Å². The average Bonchev–Trinajstić information content (AvgIpc) is 2.39. The molecule has 0 nitrogen and oxygen atoms in total. The Balaban J connectivity index is 1.80. The number of halogens is 1. The van der Waals surface area contributed by atoms with Gasteiger partial charge < -0.3 is 0 Å². The molecule has 1 saturated carbocycles. The van der Waals surface area contributed by atoms with E-state index in [4.69, 9.17) is 0 Å². The summed E-state index contributed by atoms with van der Waals surface area (Å²) in [5.41, 5.74) is 1.63. The van der Waals surface area contributed by atoms with Gasteiger partial charge in [-0.15, -0.1) is 0 Å². The maximum atomic E-state index is 2.53. The lowest BCUT2D eigenvalue weighted by molar-refractivity contribution is -0.557. The van der Waals surface area contributed by atoms with E-state index in [0.29, 0.717) is 0 Å². The normalized spacial score (nSPS) is 18.3. The van der Waals surface area contributed by atoms with E-state index in [9.17, 15) is 0 Å². The highest BCUT2D eigenvalue weighted by Gasteiger charge is 2.15. The third-order valence-corrected chi connectivity index (χ3v) is 6.25. The highest BCUT2D eigenvalue weighted by atomic mass is 127. The molecule has 1 aliphatic rings. The van der Waals surface area contributed by atoms with E-state index in [1.165, 1.54) is 42.1 Å². The number of hydrogen-bond acceptors (Lipinski definition) is 0. The third-order valence-electron chi connectivity index (χ3n) is 3.44. The topological polar surface area (TPSA) is 0 Å². The Bertz CT molecular complexity index is 347. The summed E-state index contributed by atoms with van der Waals surface area (Å²) in [6.45, 7) is 2.33. The van der Waals surface area contributed by atoms with Crippen LogP contribution in [0.1, 0.15) is 45.4 Å². The molecule has 0 saturated heterocycles.